The summed E-state index contributed by atoms with van der Waals surface area (Å²) in [4.78, 5) is 14.3. The molecule has 1 aliphatic heterocycles. The lowest BCUT2D eigenvalue weighted by atomic mass is 10.1. The summed E-state index contributed by atoms with van der Waals surface area (Å²) < 4.78 is 26.5. The van der Waals surface area contributed by atoms with Gasteiger partial charge in [0.25, 0.3) is 0 Å². The number of benzene rings is 1. The van der Waals surface area contributed by atoms with Gasteiger partial charge in [-0.1, -0.05) is 12.1 Å². The molecule has 1 aliphatic rings. The van der Waals surface area contributed by atoms with Crippen molar-refractivity contribution in [2.45, 2.75) is 38.0 Å². The highest BCUT2D eigenvalue weighted by atomic mass is 32.2. The van der Waals surface area contributed by atoms with Crippen LogP contribution < -0.4 is 0 Å². The van der Waals surface area contributed by atoms with Crippen LogP contribution in [0.2, 0.25) is 0 Å². The first kappa shape index (κ1) is 17.0. The van der Waals surface area contributed by atoms with Crippen molar-refractivity contribution in [1.29, 1.82) is 0 Å². The molecule has 0 radical (unpaired) electrons. The van der Waals surface area contributed by atoms with Crippen LogP contribution in [0.25, 0.3) is 0 Å². The van der Waals surface area contributed by atoms with Crippen molar-refractivity contribution in [3.8, 4) is 0 Å². The zero-order valence-electron chi connectivity index (χ0n) is 13.5. The lowest BCUT2D eigenvalue weighted by Gasteiger charge is -2.28. The number of carbonyl (C=O) groups excluding carboxylic acids is 1. The number of likely N-dealkylation sites (tertiary alicyclic amines) is 1. The molecule has 0 aliphatic carbocycles. The largest absolute Gasteiger partial charge is 0.342 e. The molecule has 1 heterocycles. The molecule has 0 spiro atoms. The van der Waals surface area contributed by atoms with Crippen molar-refractivity contribution >= 4 is 15.9 Å². The van der Waals surface area contributed by atoms with Gasteiger partial charge in [-0.25, -0.2) is 8.42 Å². The van der Waals surface area contributed by atoms with Gasteiger partial charge in [-0.2, -0.15) is 4.31 Å². The maximum absolute atomic E-state index is 12.7. The van der Waals surface area contributed by atoms with E-state index in [4.69, 9.17) is 0 Å². The van der Waals surface area contributed by atoms with E-state index in [0.29, 0.717) is 5.56 Å². The number of nitrogens with zero attached hydrogens (tertiary/aromatic N) is 2. The highest BCUT2D eigenvalue weighted by molar-refractivity contribution is 7.89. The van der Waals surface area contributed by atoms with Gasteiger partial charge in [-0.3, -0.25) is 4.79 Å². The third-order valence-electron chi connectivity index (χ3n) is 4.10. The SMILES string of the molecule is Cc1ccc(C)c(S(=O)(=O)N(C)CC(=O)N2CCCCC2)c1. The van der Waals surface area contributed by atoms with Gasteiger partial charge in [0.2, 0.25) is 15.9 Å². The molecule has 1 fully saturated rings. The predicted octanol–water partition coefficient (Wildman–Crippen LogP) is 1.94. The van der Waals surface area contributed by atoms with E-state index < -0.39 is 10.0 Å². The Balaban J connectivity index is 2.15. The Labute approximate surface area is 133 Å². The maximum Gasteiger partial charge on any atom is 0.243 e. The molecule has 22 heavy (non-hydrogen) atoms. The monoisotopic (exact) mass is 324 g/mol. The summed E-state index contributed by atoms with van der Waals surface area (Å²) in [5, 5.41) is 0. The molecule has 1 amide bonds. The summed E-state index contributed by atoms with van der Waals surface area (Å²) in [5.74, 6) is -0.115. The number of hydrogen-bond donors (Lipinski definition) is 0. The van der Waals surface area contributed by atoms with Crippen molar-refractivity contribution in [1.82, 2.24) is 9.21 Å². The Kier molecular flexibility index (Phi) is 5.24. The Bertz CT molecular complexity index is 649. The lowest BCUT2D eigenvalue weighted by Crippen LogP contribution is -2.43. The molecule has 0 unspecified atom stereocenters. The number of likely N-dealkylation sites (N-methyl/N-ethyl adjacent to an activating group) is 1. The summed E-state index contributed by atoms with van der Waals surface area (Å²) in [6.45, 7) is 4.99. The van der Waals surface area contributed by atoms with Crippen LogP contribution in [0.1, 0.15) is 30.4 Å². The quantitative estimate of drug-likeness (QED) is 0.850. The number of rotatable bonds is 4. The molecular formula is C16H24N2O3S. The van der Waals surface area contributed by atoms with Crippen LogP contribution in [0.15, 0.2) is 23.1 Å². The van der Waals surface area contributed by atoms with Crippen LogP contribution in [0.3, 0.4) is 0 Å². The number of aryl methyl sites for hydroxylation is 2. The molecule has 0 bridgehead atoms. The maximum atomic E-state index is 12.7. The van der Waals surface area contributed by atoms with Crippen LogP contribution in [-0.2, 0) is 14.8 Å². The minimum atomic E-state index is -3.64. The molecule has 1 aromatic carbocycles. The fourth-order valence-corrected chi connectivity index (χ4v) is 4.10. The molecule has 1 saturated heterocycles. The van der Waals surface area contributed by atoms with Crippen molar-refractivity contribution in [2.24, 2.45) is 0 Å². The van der Waals surface area contributed by atoms with E-state index in [2.05, 4.69) is 0 Å². The lowest BCUT2D eigenvalue weighted by molar-refractivity contribution is -0.132. The average molecular weight is 324 g/mol. The summed E-state index contributed by atoms with van der Waals surface area (Å²) in [6, 6.07) is 5.34. The Morgan fingerprint density at radius 2 is 1.82 bits per heavy atom. The highest BCUT2D eigenvalue weighted by Gasteiger charge is 2.27. The molecule has 0 saturated carbocycles. The molecule has 0 N–H and O–H groups in total. The van der Waals surface area contributed by atoms with Gasteiger partial charge < -0.3 is 4.90 Å². The predicted molar refractivity (Wildman–Crippen MR) is 86.2 cm³/mol. The number of hydrogen-bond acceptors (Lipinski definition) is 3. The van der Waals surface area contributed by atoms with Gasteiger partial charge in [-0.05, 0) is 50.3 Å². The normalized spacial score (nSPS) is 16.1. The van der Waals surface area contributed by atoms with Crippen LogP contribution in [0, 0.1) is 13.8 Å². The minimum absolute atomic E-state index is 0.101. The number of sulfonamides is 1. The Morgan fingerprint density at radius 1 is 1.18 bits per heavy atom. The standard InChI is InChI=1S/C16H24N2O3S/c1-13-7-8-14(2)15(11-13)22(20,21)17(3)12-16(19)18-9-5-4-6-10-18/h7-8,11H,4-6,9-10,12H2,1-3H3. The smallest absolute Gasteiger partial charge is 0.243 e. The zero-order valence-corrected chi connectivity index (χ0v) is 14.3. The van der Waals surface area contributed by atoms with E-state index >= 15 is 0 Å². The van der Waals surface area contributed by atoms with Crippen molar-refractivity contribution in [3.05, 3.63) is 29.3 Å². The summed E-state index contributed by atoms with van der Waals surface area (Å²) in [5.41, 5.74) is 1.59. The van der Waals surface area contributed by atoms with Crippen molar-refractivity contribution in [3.63, 3.8) is 0 Å². The Morgan fingerprint density at radius 3 is 2.45 bits per heavy atom. The molecule has 0 atom stereocenters. The number of amides is 1. The third-order valence-corrected chi connectivity index (χ3v) is 6.04. The average Bonchev–Trinajstić information content (AvgIpc) is 2.50. The van der Waals surface area contributed by atoms with Gasteiger partial charge in [0, 0.05) is 20.1 Å². The van der Waals surface area contributed by atoms with Crippen molar-refractivity contribution < 1.29 is 13.2 Å². The van der Waals surface area contributed by atoms with Crippen LogP contribution >= 0.6 is 0 Å². The van der Waals surface area contributed by atoms with E-state index in [9.17, 15) is 13.2 Å². The minimum Gasteiger partial charge on any atom is -0.342 e. The van der Waals surface area contributed by atoms with Crippen molar-refractivity contribution in [2.75, 3.05) is 26.7 Å². The fraction of sp³-hybridized carbons (Fsp3) is 0.562. The molecule has 6 heteroatoms. The molecule has 5 nitrogen and oxygen atoms in total. The second kappa shape index (κ2) is 6.79. The second-order valence-corrected chi connectivity index (χ2v) is 7.98. The first-order chi connectivity index (χ1) is 10.3. The molecule has 1 aromatic rings. The second-order valence-electron chi connectivity index (χ2n) is 5.97. The number of piperidine rings is 1. The summed E-state index contributed by atoms with van der Waals surface area (Å²) >= 11 is 0. The van der Waals surface area contributed by atoms with Crippen LogP contribution in [0.5, 0.6) is 0 Å². The first-order valence-electron chi connectivity index (χ1n) is 7.64. The van der Waals surface area contributed by atoms with E-state index in [1.165, 1.54) is 7.05 Å². The Hall–Kier alpha value is -1.40. The topological polar surface area (TPSA) is 57.7 Å². The molecule has 0 aromatic heterocycles. The van der Waals surface area contributed by atoms with E-state index in [1.54, 1.807) is 24.0 Å². The highest BCUT2D eigenvalue weighted by Crippen LogP contribution is 2.20. The van der Waals surface area contributed by atoms with Crippen LogP contribution in [-0.4, -0.2) is 50.2 Å². The molecular weight excluding hydrogens is 300 g/mol. The van der Waals surface area contributed by atoms with E-state index in [1.807, 2.05) is 13.0 Å². The molecule has 122 valence electrons. The van der Waals surface area contributed by atoms with Gasteiger partial charge >= 0.3 is 0 Å². The fourth-order valence-electron chi connectivity index (χ4n) is 2.67. The molecule has 2 rings (SSSR count). The van der Waals surface area contributed by atoms with E-state index in [-0.39, 0.29) is 17.3 Å². The number of carbonyl (C=O) groups is 1. The van der Waals surface area contributed by atoms with Gasteiger partial charge in [-0.15, -0.1) is 0 Å². The zero-order chi connectivity index (χ0) is 16.3. The van der Waals surface area contributed by atoms with Gasteiger partial charge in [0.15, 0.2) is 0 Å². The van der Waals surface area contributed by atoms with E-state index in [0.717, 1.165) is 42.2 Å². The van der Waals surface area contributed by atoms with Gasteiger partial charge in [0.1, 0.15) is 0 Å². The third kappa shape index (κ3) is 3.67. The van der Waals surface area contributed by atoms with Crippen LogP contribution in [0.4, 0.5) is 0 Å². The van der Waals surface area contributed by atoms with Gasteiger partial charge in [0.05, 0.1) is 11.4 Å². The summed E-state index contributed by atoms with van der Waals surface area (Å²) in [6.07, 6.45) is 3.14. The first-order valence-corrected chi connectivity index (χ1v) is 9.08. The summed E-state index contributed by atoms with van der Waals surface area (Å²) in [7, 11) is -2.17.